The zero-order chi connectivity index (χ0) is 14.9. The number of nitrogens with zero attached hydrogens (tertiary/aromatic N) is 2. The number of amides is 1. The highest BCUT2D eigenvalue weighted by atomic mass is 16.3. The van der Waals surface area contributed by atoms with Crippen LogP contribution in [0.25, 0.3) is 11.4 Å². The number of carbonyl (C=O) groups is 1. The van der Waals surface area contributed by atoms with E-state index in [1.165, 1.54) is 6.33 Å². The molecule has 6 nitrogen and oxygen atoms in total. The zero-order valence-electron chi connectivity index (χ0n) is 11.8. The van der Waals surface area contributed by atoms with Crippen LogP contribution in [-0.4, -0.2) is 38.3 Å². The number of carbonyl (C=O) groups excluding carboxylic acids is 1. The van der Waals surface area contributed by atoms with Crippen LogP contribution in [0.5, 0.6) is 0 Å². The molecule has 3 rings (SSSR count). The normalized spacial score (nSPS) is 17.2. The van der Waals surface area contributed by atoms with Crippen molar-refractivity contribution < 1.29 is 9.90 Å². The molecule has 0 bridgehead atoms. The van der Waals surface area contributed by atoms with Crippen LogP contribution >= 0.6 is 0 Å². The standard InChI is InChI=1S/C15H18N4O2/c1-15(8-20,12-5-6-12)18-14(21)11-4-2-3-10(7-11)13-16-9-17-19-13/h2-4,7,9,12,20H,5-6,8H2,1H3,(H,18,21)(H,16,17,19). The third kappa shape index (κ3) is 2.80. The lowest BCUT2D eigenvalue weighted by Gasteiger charge is -2.28. The van der Waals surface area contributed by atoms with Crippen LogP contribution in [0.2, 0.25) is 0 Å². The molecule has 0 radical (unpaired) electrons. The molecule has 2 aromatic rings. The predicted molar refractivity (Wildman–Crippen MR) is 77.5 cm³/mol. The van der Waals surface area contributed by atoms with Gasteiger partial charge in [-0.2, -0.15) is 5.10 Å². The van der Waals surface area contributed by atoms with Gasteiger partial charge in [0.25, 0.3) is 5.91 Å². The Morgan fingerprint density at radius 3 is 2.95 bits per heavy atom. The molecule has 1 fully saturated rings. The Hall–Kier alpha value is -2.21. The van der Waals surface area contributed by atoms with Gasteiger partial charge in [-0.05, 0) is 37.8 Å². The smallest absolute Gasteiger partial charge is 0.251 e. The van der Waals surface area contributed by atoms with Crippen LogP contribution in [0.15, 0.2) is 30.6 Å². The Labute approximate surface area is 122 Å². The average molecular weight is 286 g/mol. The summed E-state index contributed by atoms with van der Waals surface area (Å²) in [6, 6.07) is 7.18. The summed E-state index contributed by atoms with van der Waals surface area (Å²) in [7, 11) is 0. The number of hydrogen-bond donors (Lipinski definition) is 3. The van der Waals surface area contributed by atoms with Gasteiger partial charge in [-0.3, -0.25) is 9.89 Å². The maximum Gasteiger partial charge on any atom is 0.251 e. The minimum atomic E-state index is -0.542. The first kappa shape index (κ1) is 13.8. The van der Waals surface area contributed by atoms with Gasteiger partial charge in [-0.1, -0.05) is 12.1 Å². The number of rotatable bonds is 5. The number of aromatic nitrogens is 3. The van der Waals surface area contributed by atoms with E-state index in [4.69, 9.17) is 0 Å². The van der Waals surface area contributed by atoms with Gasteiger partial charge in [0, 0.05) is 11.1 Å². The van der Waals surface area contributed by atoms with Crippen LogP contribution in [0.1, 0.15) is 30.1 Å². The van der Waals surface area contributed by atoms with Crippen LogP contribution in [0.4, 0.5) is 0 Å². The molecule has 0 aliphatic heterocycles. The van der Waals surface area contributed by atoms with E-state index in [9.17, 15) is 9.90 Å². The SMILES string of the molecule is CC(CO)(NC(=O)c1cccc(-c2ncn[nH]2)c1)C1CC1. The molecule has 0 saturated heterocycles. The largest absolute Gasteiger partial charge is 0.394 e. The molecule has 1 saturated carbocycles. The first-order valence-corrected chi connectivity index (χ1v) is 7.01. The van der Waals surface area contributed by atoms with E-state index in [-0.39, 0.29) is 12.5 Å². The second-order valence-electron chi connectivity index (χ2n) is 5.72. The van der Waals surface area contributed by atoms with E-state index < -0.39 is 5.54 Å². The molecule has 6 heteroatoms. The van der Waals surface area contributed by atoms with Gasteiger partial charge < -0.3 is 10.4 Å². The van der Waals surface area contributed by atoms with Crippen molar-refractivity contribution in [3.05, 3.63) is 36.2 Å². The van der Waals surface area contributed by atoms with E-state index in [1.807, 2.05) is 13.0 Å². The maximum absolute atomic E-state index is 12.4. The fraction of sp³-hybridized carbons (Fsp3) is 0.400. The first-order chi connectivity index (χ1) is 10.1. The summed E-state index contributed by atoms with van der Waals surface area (Å²) in [5.41, 5.74) is 0.806. The van der Waals surface area contributed by atoms with Crippen LogP contribution in [0, 0.1) is 5.92 Å². The van der Waals surface area contributed by atoms with E-state index in [0.717, 1.165) is 18.4 Å². The summed E-state index contributed by atoms with van der Waals surface area (Å²) in [5.74, 6) is 0.806. The van der Waals surface area contributed by atoms with Crippen LogP contribution in [-0.2, 0) is 0 Å². The molecular formula is C15H18N4O2. The number of nitrogens with one attached hydrogen (secondary N) is 2. The second-order valence-corrected chi connectivity index (χ2v) is 5.72. The van der Waals surface area contributed by atoms with Crippen molar-refractivity contribution in [3.63, 3.8) is 0 Å². The quantitative estimate of drug-likeness (QED) is 0.774. The predicted octanol–water partition coefficient (Wildman–Crippen LogP) is 1.36. The van der Waals surface area contributed by atoms with Gasteiger partial charge in [0.1, 0.15) is 6.33 Å². The molecule has 1 heterocycles. The molecule has 21 heavy (non-hydrogen) atoms. The third-order valence-corrected chi connectivity index (χ3v) is 4.02. The molecule has 1 unspecified atom stereocenters. The van der Waals surface area contributed by atoms with Gasteiger partial charge >= 0.3 is 0 Å². The summed E-state index contributed by atoms with van der Waals surface area (Å²) in [4.78, 5) is 16.5. The second kappa shape index (κ2) is 5.29. The number of aliphatic hydroxyl groups excluding tert-OH is 1. The van der Waals surface area contributed by atoms with Crippen molar-refractivity contribution in [2.24, 2.45) is 5.92 Å². The molecule has 1 atom stereocenters. The summed E-state index contributed by atoms with van der Waals surface area (Å²) in [6.07, 6.45) is 3.53. The van der Waals surface area contributed by atoms with Crippen molar-refractivity contribution in [3.8, 4) is 11.4 Å². The van der Waals surface area contributed by atoms with E-state index in [0.29, 0.717) is 17.3 Å². The molecule has 1 aliphatic carbocycles. The Bertz CT molecular complexity index is 637. The summed E-state index contributed by atoms with van der Waals surface area (Å²) < 4.78 is 0. The highest BCUT2D eigenvalue weighted by Crippen LogP contribution is 2.39. The lowest BCUT2D eigenvalue weighted by atomic mass is 9.96. The van der Waals surface area contributed by atoms with E-state index in [1.54, 1.807) is 18.2 Å². The van der Waals surface area contributed by atoms with Crippen molar-refractivity contribution >= 4 is 5.91 Å². The number of benzene rings is 1. The van der Waals surface area contributed by atoms with Crippen molar-refractivity contribution in [1.82, 2.24) is 20.5 Å². The van der Waals surface area contributed by atoms with E-state index >= 15 is 0 Å². The van der Waals surface area contributed by atoms with Crippen molar-refractivity contribution in [2.75, 3.05) is 6.61 Å². The molecule has 1 aliphatic rings. The average Bonchev–Trinajstić information content (AvgIpc) is 3.23. The van der Waals surface area contributed by atoms with Gasteiger partial charge in [-0.15, -0.1) is 0 Å². The fourth-order valence-corrected chi connectivity index (χ4v) is 2.47. The molecular weight excluding hydrogens is 268 g/mol. The zero-order valence-corrected chi connectivity index (χ0v) is 11.8. The lowest BCUT2D eigenvalue weighted by molar-refractivity contribution is 0.0824. The molecule has 3 N–H and O–H groups in total. The third-order valence-electron chi connectivity index (χ3n) is 4.02. The van der Waals surface area contributed by atoms with Crippen molar-refractivity contribution in [1.29, 1.82) is 0 Å². The number of aromatic amines is 1. The summed E-state index contributed by atoms with van der Waals surface area (Å²) >= 11 is 0. The highest BCUT2D eigenvalue weighted by Gasteiger charge is 2.42. The Balaban J connectivity index is 1.80. The van der Waals surface area contributed by atoms with Gasteiger partial charge in [-0.25, -0.2) is 4.98 Å². The van der Waals surface area contributed by atoms with Crippen LogP contribution in [0.3, 0.4) is 0 Å². The number of H-pyrrole nitrogens is 1. The Morgan fingerprint density at radius 2 is 2.33 bits per heavy atom. The van der Waals surface area contributed by atoms with Gasteiger partial charge in [0.05, 0.1) is 12.1 Å². The lowest BCUT2D eigenvalue weighted by Crippen LogP contribution is -2.50. The van der Waals surface area contributed by atoms with Gasteiger partial charge in [0.2, 0.25) is 0 Å². The van der Waals surface area contributed by atoms with E-state index in [2.05, 4.69) is 20.5 Å². The fourth-order valence-electron chi connectivity index (χ4n) is 2.47. The minimum absolute atomic E-state index is 0.0504. The summed E-state index contributed by atoms with van der Waals surface area (Å²) in [5, 5.41) is 19.1. The Morgan fingerprint density at radius 1 is 1.52 bits per heavy atom. The molecule has 110 valence electrons. The van der Waals surface area contributed by atoms with Gasteiger partial charge in [0.15, 0.2) is 5.82 Å². The van der Waals surface area contributed by atoms with Crippen molar-refractivity contribution in [2.45, 2.75) is 25.3 Å². The Kier molecular flexibility index (Phi) is 3.47. The maximum atomic E-state index is 12.4. The monoisotopic (exact) mass is 286 g/mol. The molecule has 1 aromatic carbocycles. The number of hydrogen-bond acceptors (Lipinski definition) is 4. The first-order valence-electron chi connectivity index (χ1n) is 7.01. The molecule has 1 aromatic heterocycles. The topological polar surface area (TPSA) is 90.9 Å². The summed E-state index contributed by atoms with van der Waals surface area (Å²) in [6.45, 7) is 1.84. The minimum Gasteiger partial charge on any atom is -0.394 e. The van der Waals surface area contributed by atoms with Crippen LogP contribution < -0.4 is 5.32 Å². The molecule has 0 spiro atoms. The highest BCUT2D eigenvalue weighted by molar-refractivity contribution is 5.95. The number of aliphatic hydroxyl groups is 1. The molecule has 1 amide bonds.